The lowest BCUT2D eigenvalue weighted by atomic mass is 10.2. The molecule has 0 saturated carbocycles. The largest absolute Gasteiger partial charge is 0.409 e. The number of rotatable bonds is 4. The van der Waals surface area contributed by atoms with E-state index in [1.165, 1.54) is 23.1 Å². The fourth-order valence-electron chi connectivity index (χ4n) is 1.44. The summed E-state index contributed by atoms with van der Waals surface area (Å²) in [5.74, 6) is -0.283. The summed E-state index contributed by atoms with van der Waals surface area (Å²) in [6, 6.07) is 4.11. The number of nitrogens with one attached hydrogen (secondary N) is 1. The van der Waals surface area contributed by atoms with Crippen LogP contribution in [0.2, 0.25) is 0 Å². The molecule has 0 aromatic carbocycles. The van der Waals surface area contributed by atoms with Gasteiger partial charge in [0, 0.05) is 25.6 Å². The number of aromatic amines is 1. The molecule has 1 aromatic heterocycles. The van der Waals surface area contributed by atoms with E-state index in [4.69, 9.17) is 10.9 Å². The van der Waals surface area contributed by atoms with Crippen molar-refractivity contribution in [2.45, 2.75) is 19.4 Å². The van der Waals surface area contributed by atoms with Gasteiger partial charge in [0.25, 0.3) is 5.91 Å². The van der Waals surface area contributed by atoms with Crippen LogP contribution >= 0.6 is 0 Å². The minimum Gasteiger partial charge on any atom is -0.409 e. The molecule has 1 atom stereocenters. The van der Waals surface area contributed by atoms with Gasteiger partial charge in [0.05, 0.1) is 0 Å². The maximum Gasteiger partial charge on any atom is 0.270 e. The third-order valence-electron chi connectivity index (χ3n) is 2.61. The smallest absolute Gasteiger partial charge is 0.270 e. The second kappa shape index (κ2) is 5.85. The number of aromatic nitrogens is 1. The standard InChI is InChI=1S/C11H16N4O3/c1-7(6-9(12)14-18)15(2)11(17)8-4-3-5-10(16)13-8/h3-5,7,18H,6H2,1-2H3,(H2,12,14)(H,13,16). The molecule has 0 aliphatic heterocycles. The number of hydrogen-bond acceptors (Lipinski definition) is 4. The molecule has 7 nitrogen and oxygen atoms in total. The Labute approximate surface area is 104 Å². The van der Waals surface area contributed by atoms with Gasteiger partial charge in [-0.15, -0.1) is 0 Å². The number of amidine groups is 1. The molecule has 7 heteroatoms. The second-order valence-corrected chi connectivity index (χ2v) is 3.99. The molecule has 0 aliphatic rings. The van der Waals surface area contributed by atoms with Gasteiger partial charge in [0.15, 0.2) is 0 Å². The van der Waals surface area contributed by atoms with Crippen LogP contribution in [0.15, 0.2) is 28.1 Å². The Kier molecular flexibility index (Phi) is 4.47. The van der Waals surface area contributed by atoms with Crippen molar-refractivity contribution in [3.63, 3.8) is 0 Å². The van der Waals surface area contributed by atoms with Crippen LogP contribution in [-0.2, 0) is 0 Å². The van der Waals surface area contributed by atoms with Crippen molar-refractivity contribution in [2.75, 3.05) is 7.05 Å². The normalized spacial score (nSPS) is 13.1. The average molecular weight is 252 g/mol. The second-order valence-electron chi connectivity index (χ2n) is 3.99. The molecule has 1 heterocycles. The van der Waals surface area contributed by atoms with E-state index >= 15 is 0 Å². The van der Waals surface area contributed by atoms with Gasteiger partial charge in [-0.25, -0.2) is 0 Å². The van der Waals surface area contributed by atoms with Crippen molar-refractivity contribution in [3.05, 3.63) is 34.2 Å². The first-order valence-electron chi connectivity index (χ1n) is 5.38. The lowest BCUT2D eigenvalue weighted by Crippen LogP contribution is -2.38. The molecule has 0 bridgehead atoms. The Morgan fingerprint density at radius 1 is 1.61 bits per heavy atom. The lowest BCUT2D eigenvalue weighted by Gasteiger charge is -2.24. The zero-order valence-corrected chi connectivity index (χ0v) is 10.3. The van der Waals surface area contributed by atoms with Crippen LogP contribution in [0, 0.1) is 0 Å². The summed E-state index contributed by atoms with van der Waals surface area (Å²) in [5, 5.41) is 11.3. The summed E-state index contributed by atoms with van der Waals surface area (Å²) in [4.78, 5) is 27.0. The van der Waals surface area contributed by atoms with Crippen molar-refractivity contribution in [1.82, 2.24) is 9.88 Å². The SMILES string of the molecule is CC(C/C(N)=N/O)N(C)C(=O)c1cccc(=O)[nH]1. The molecule has 1 amide bonds. The molecule has 1 aromatic rings. The molecular formula is C11H16N4O3. The topological polar surface area (TPSA) is 112 Å². The fraction of sp³-hybridized carbons (Fsp3) is 0.364. The van der Waals surface area contributed by atoms with Crippen LogP contribution in [0.4, 0.5) is 0 Å². The first-order chi connectivity index (χ1) is 8.45. The first kappa shape index (κ1) is 13.8. The summed E-state index contributed by atoms with van der Waals surface area (Å²) in [6.07, 6.45) is 0.246. The van der Waals surface area contributed by atoms with E-state index in [2.05, 4.69) is 10.1 Å². The fourth-order valence-corrected chi connectivity index (χ4v) is 1.44. The zero-order valence-electron chi connectivity index (χ0n) is 10.3. The van der Waals surface area contributed by atoms with Gasteiger partial charge in [0.1, 0.15) is 11.5 Å². The third-order valence-corrected chi connectivity index (χ3v) is 2.61. The Morgan fingerprint density at radius 2 is 2.28 bits per heavy atom. The minimum absolute atomic E-state index is 0.0451. The van der Waals surface area contributed by atoms with Crippen molar-refractivity contribution in [1.29, 1.82) is 0 Å². The van der Waals surface area contributed by atoms with E-state index in [-0.39, 0.29) is 35.5 Å². The van der Waals surface area contributed by atoms with Gasteiger partial charge < -0.3 is 20.8 Å². The van der Waals surface area contributed by atoms with Gasteiger partial charge >= 0.3 is 0 Å². The van der Waals surface area contributed by atoms with Gasteiger partial charge in [-0.05, 0) is 13.0 Å². The molecule has 18 heavy (non-hydrogen) atoms. The summed E-state index contributed by atoms with van der Waals surface area (Å²) in [7, 11) is 1.59. The van der Waals surface area contributed by atoms with Crippen LogP contribution in [0.1, 0.15) is 23.8 Å². The highest BCUT2D eigenvalue weighted by Crippen LogP contribution is 2.06. The highest BCUT2D eigenvalue weighted by atomic mass is 16.4. The van der Waals surface area contributed by atoms with E-state index in [1.807, 2.05) is 0 Å². The molecular weight excluding hydrogens is 236 g/mol. The molecule has 0 saturated heterocycles. The Balaban J connectivity index is 2.81. The first-order valence-corrected chi connectivity index (χ1v) is 5.38. The van der Waals surface area contributed by atoms with Crippen molar-refractivity contribution in [2.24, 2.45) is 10.9 Å². The third kappa shape index (κ3) is 3.34. The van der Waals surface area contributed by atoms with E-state index < -0.39 is 0 Å². The maximum absolute atomic E-state index is 12.0. The molecule has 4 N–H and O–H groups in total. The zero-order chi connectivity index (χ0) is 13.7. The number of nitrogens with zero attached hydrogens (tertiary/aromatic N) is 2. The summed E-state index contributed by atoms with van der Waals surface area (Å²) < 4.78 is 0. The average Bonchev–Trinajstić information content (AvgIpc) is 2.36. The number of hydrogen-bond donors (Lipinski definition) is 3. The highest BCUT2D eigenvalue weighted by Gasteiger charge is 2.19. The molecule has 1 rings (SSSR count). The summed E-state index contributed by atoms with van der Waals surface area (Å²) >= 11 is 0. The number of H-pyrrole nitrogens is 1. The maximum atomic E-state index is 12.0. The summed E-state index contributed by atoms with van der Waals surface area (Å²) in [6.45, 7) is 1.76. The Hall–Kier alpha value is -2.31. The monoisotopic (exact) mass is 252 g/mol. The van der Waals surface area contributed by atoms with Crippen LogP contribution in [0.3, 0.4) is 0 Å². The minimum atomic E-state index is -0.335. The number of carbonyl (C=O) groups excluding carboxylic acids is 1. The van der Waals surface area contributed by atoms with Crippen LogP contribution in [0.25, 0.3) is 0 Å². The Morgan fingerprint density at radius 3 is 2.83 bits per heavy atom. The molecule has 1 unspecified atom stereocenters. The molecule has 0 radical (unpaired) electrons. The Bertz CT molecular complexity index is 509. The molecule has 98 valence electrons. The van der Waals surface area contributed by atoms with E-state index in [1.54, 1.807) is 14.0 Å². The van der Waals surface area contributed by atoms with Gasteiger partial charge in [-0.1, -0.05) is 11.2 Å². The number of nitrogens with two attached hydrogens (primary N) is 1. The number of oxime groups is 1. The quantitative estimate of drug-likeness (QED) is 0.302. The van der Waals surface area contributed by atoms with Crippen molar-refractivity contribution < 1.29 is 10.0 Å². The predicted octanol–water partition coefficient (Wildman–Crippen LogP) is -0.0281. The highest BCUT2D eigenvalue weighted by molar-refractivity contribution is 5.92. The van der Waals surface area contributed by atoms with Gasteiger partial charge in [-0.3, -0.25) is 9.59 Å². The number of carbonyl (C=O) groups is 1. The predicted molar refractivity (Wildman–Crippen MR) is 66.6 cm³/mol. The van der Waals surface area contributed by atoms with Crippen molar-refractivity contribution in [3.8, 4) is 0 Å². The lowest BCUT2D eigenvalue weighted by molar-refractivity contribution is 0.0741. The van der Waals surface area contributed by atoms with E-state index in [9.17, 15) is 9.59 Å². The van der Waals surface area contributed by atoms with Gasteiger partial charge in [0.2, 0.25) is 5.56 Å². The van der Waals surface area contributed by atoms with Crippen molar-refractivity contribution >= 4 is 11.7 Å². The van der Waals surface area contributed by atoms with Gasteiger partial charge in [-0.2, -0.15) is 0 Å². The van der Waals surface area contributed by atoms with E-state index in [0.29, 0.717) is 0 Å². The molecule has 0 spiro atoms. The van der Waals surface area contributed by atoms with E-state index in [0.717, 1.165) is 0 Å². The molecule has 0 fully saturated rings. The molecule has 0 aliphatic carbocycles. The summed E-state index contributed by atoms with van der Waals surface area (Å²) in [5.41, 5.74) is 5.25. The van der Waals surface area contributed by atoms with Crippen LogP contribution in [-0.4, -0.2) is 39.9 Å². The number of pyridine rings is 1. The van der Waals surface area contributed by atoms with Crippen LogP contribution < -0.4 is 11.3 Å². The van der Waals surface area contributed by atoms with Crippen LogP contribution in [0.5, 0.6) is 0 Å². The number of amides is 1.